The molecule has 0 unspecified atom stereocenters. The molecule has 0 radical (unpaired) electrons. The van der Waals surface area contributed by atoms with E-state index >= 15 is 0 Å². The molecule has 148 valence electrons. The van der Waals surface area contributed by atoms with E-state index in [-0.39, 0.29) is 24.0 Å². The van der Waals surface area contributed by atoms with Crippen molar-refractivity contribution in [3.05, 3.63) is 23.8 Å². The number of aliphatic imine (C=N–C) groups is 1. The van der Waals surface area contributed by atoms with Crippen LogP contribution >= 0.6 is 24.0 Å². The van der Waals surface area contributed by atoms with Gasteiger partial charge < -0.3 is 25.0 Å². The quantitative estimate of drug-likeness (QED) is 0.344. The van der Waals surface area contributed by atoms with Crippen molar-refractivity contribution in [2.45, 2.75) is 32.7 Å². The van der Waals surface area contributed by atoms with Crippen molar-refractivity contribution in [2.75, 3.05) is 46.9 Å². The summed E-state index contributed by atoms with van der Waals surface area (Å²) in [7, 11) is 3.29. The number of rotatable bonds is 8. The fourth-order valence-corrected chi connectivity index (χ4v) is 3.01. The highest BCUT2D eigenvalue weighted by atomic mass is 127. The van der Waals surface area contributed by atoms with Crippen molar-refractivity contribution < 1.29 is 9.47 Å². The van der Waals surface area contributed by atoms with E-state index in [1.54, 1.807) is 14.2 Å². The smallest absolute Gasteiger partial charge is 0.191 e. The summed E-state index contributed by atoms with van der Waals surface area (Å²) in [6.07, 6.45) is 4.03. The molecular weight excluding hydrogens is 443 g/mol. The summed E-state index contributed by atoms with van der Waals surface area (Å²) in [6.45, 7) is 7.96. The Balaban J connectivity index is 0.00000338. The van der Waals surface area contributed by atoms with Crippen LogP contribution in [0.2, 0.25) is 0 Å². The van der Waals surface area contributed by atoms with Gasteiger partial charge in [0, 0.05) is 19.6 Å². The van der Waals surface area contributed by atoms with Crippen molar-refractivity contribution in [1.82, 2.24) is 15.5 Å². The van der Waals surface area contributed by atoms with E-state index in [1.165, 1.54) is 32.4 Å². The third kappa shape index (κ3) is 7.57. The van der Waals surface area contributed by atoms with Gasteiger partial charge in [0.05, 0.1) is 20.8 Å². The minimum atomic E-state index is 0. The summed E-state index contributed by atoms with van der Waals surface area (Å²) in [5, 5.41) is 6.74. The first-order valence-corrected chi connectivity index (χ1v) is 9.22. The van der Waals surface area contributed by atoms with Crippen LogP contribution in [-0.2, 0) is 6.54 Å². The van der Waals surface area contributed by atoms with Crippen molar-refractivity contribution >= 4 is 29.9 Å². The molecule has 0 amide bonds. The molecule has 1 aliphatic heterocycles. The van der Waals surface area contributed by atoms with Crippen LogP contribution in [0.4, 0.5) is 0 Å². The lowest BCUT2D eigenvalue weighted by Crippen LogP contribution is -2.42. The molecule has 0 spiro atoms. The van der Waals surface area contributed by atoms with E-state index in [9.17, 15) is 0 Å². The largest absolute Gasteiger partial charge is 0.493 e. The lowest BCUT2D eigenvalue weighted by Gasteiger charge is -2.26. The van der Waals surface area contributed by atoms with Gasteiger partial charge >= 0.3 is 0 Å². The van der Waals surface area contributed by atoms with Crippen LogP contribution in [0.15, 0.2) is 23.2 Å². The molecule has 2 N–H and O–H groups in total. The number of benzene rings is 1. The Bertz CT molecular complexity index is 548. The van der Waals surface area contributed by atoms with E-state index in [4.69, 9.17) is 9.47 Å². The first-order chi connectivity index (χ1) is 12.3. The van der Waals surface area contributed by atoms with Gasteiger partial charge in [0.25, 0.3) is 0 Å². The maximum atomic E-state index is 5.35. The van der Waals surface area contributed by atoms with E-state index in [0.717, 1.165) is 42.7 Å². The Morgan fingerprint density at radius 2 is 1.81 bits per heavy atom. The summed E-state index contributed by atoms with van der Waals surface area (Å²) in [4.78, 5) is 7.20. The number of nitrogens with one attached hydrogen (secondary N) is 2. The van der Waals surface area contributed by atoms with Crippen LogP contribution < -0.4 is 20.1 Å². The van der Waals surface area contributed by atoms with Gasteiger partial charge in [0.2, 0.25) is 0 Å². The Labute approximate surface area is 174 Å². The molecule has 1 saturated heterocycles. The molecule has 2 rings (SSSR count). The summed E-state index contributed by atoms with van der Waals surface area (Å²) in [5.74, 6) is 2.33. The zero-order chi connectivity index (χ0) is 17.9. The van der Waals surface area contributed by atoms with E-state index in [0.29, 0.717) is 6.54 Å². The fraction of sp³-hybridized carbons (Fsp3) is 0.632. The third-order valence-corrected chi connectivity index (χ3v) is 4.38. The Morgan fingerprint density at radius 3 is 2.46 bits per heavy atom. The SMILES string of the molecule is CCNC(=NCc1ccc(OC)c(OC)c1)NCCN1CCCCC1.I. The predicted molar refractivity (Wildman–Crippen MR) is 118 cm³/mol. The van der Waals surface area contributed by atoms with Gasteiger partial charge in [0.15, 0.2) is 17.5 Å². The van der Waals surface area contributed by atoms with Gasteiger partial charge in [-0.3, -0.25) is 0 Å². The molecule has 0 bridgehead atoms. The highest BCUT2D eigenvalue weighted by Crippen LogP contribution is 2.27. The number of halogens is 1. The van der Waals surface area contributed by atoms with Crippen LogP contribution in [0.25, 0.3) is 0 Å². The average molecular weight is 476 g/mol. The van der Waals surface area contributed by atoms with E-state index < -0.39 is 0 Å². The number of guanidine groups is 1. The Kier molecular flexibility index (Phi) is 11.4. The second-order valence-electron chi connectivity index (χ2n) is 6.21. The van der Waals surface area contributed by atoms with Crippen molar-refractivity contribution in [3.63, 3.8) is 0 Å². The minimum absolute atomic E-state index is 0. The molecule has 0 aromatic heterocycles. The number of hydrogen-bond acceptors (Lipinski definition) is 4. The van der Waals surface area contributed by atoms with Gasteiger partial charge in [-0.15, -0.1) is 24.0 Å². The highest BCUT2D eigenvalue weighted by Gasteiger charge is 2.09. The van der Waals surface area contributed by atoms with Crippen LogP contribution in [-0.4, -0.2) is 57.8 Å². The molecule has 0 atom stereocenters. The maximum Gasteiger partial charge on any atom is 0.191 e. The van der Waals surface area contributed by atoms with Gasteiger partial charge in [-0.1, -0.05) is 12.5 Å². The lowest BCUT2D eigenvalue weighted by molar-refractivity contribution is 0.232. The summed E-state index contributed by atoms with van der Waals surface area (Å²) < 4.78 is 10.6. The fourth-order valence-electron chi connectivity index (χ4n) is 3.01. The molecule has 7 heteroatoms. The number of likely N-dealkylation sites (tertiary alicyclic amines) is 1. The summed E-state index contributed by atoms with van der Waals surface area (Å²) >= 11 is 0. The van der Waals surface area contributed by atoms with Crippen LogP contribution in [0, 0.1) is 0 Å². The van der Waals surface area contributed by atoms with E-state index in [2.05, 4.69) is 27.4 Å². The normalized spacial score (nSPS) is 15.1. The second kappa shape index (κ2) is 13.0. The summed E-state index contributed by atoms with van der Waals surface area (Å²) in [6, 6.07) is 5.90. The topological polar surface area (TPSA) is 58.1 Å². The molecule has 6 nitrogen and oxygen atoms in total. The van der Waals surface area contributed by atoms with E-state index in [1.807, 2.05) is 18.2 Å². The first-order valence-electron chi connectivity index (χ1n) is 9.22. The predicted octanol–water partition coefficient (Wildman–Crippen LogP) is 2.86. The Hall–Kier alpha value is -1.22. The summed E-state index contributed by atoms with van der Waals surface area (Å²) in [5.41, 5.74) is 1.09. The minimum Gasteiger partial charge on any atom is -0.493 e. The molecule has 1 aromatic rings. The molecule has 1 aliphatic rings. The number of ether oxygens (including phenoxy) is 2. The van der Waals surface area contributed by atoms with Gasteiger partial charge in [-0.05, 0) is 50.6 Å². The molecule has 0 aliphatic carbocycles. The van der Waals surface area contributed by atoms with Crippen LogP contribution in [0.5, 0.6) is 11.5 Å². The van der Waals surface area contributed by atoms with Crippen molar-refractivity contribution in [1.29, 1.82) is 0 Å². The monoisotopic (exact) mass is 476 g/mol. The van der Waals surface area contributed by atoms with Gasteiger partial charge in [0.1, 0.15) is 0 Å². The molecule has 1 fully saturated rings. The maximum absolute atomic E-state index is 5.35. The molecular formula is C19H33IN4O2. The van der Waals surface area contributed by atoms with Crippen molar-refractivity contribution in [2.24, 2.45) is 4.99 Å². The third-order valence-electron chi connectivity index (χ3n) is 4.38. The number of nitrogens with zero attached hydrogens (tertiary/aromatic N) is 2. The molecule has 1 heterocycles. The average Bonchev–Trinajstić information content (AvgIpc) is 2.66. The second-order valence-corrected chi connectivity index (χ2v) is 6.21. The molecule has 26 heavy (non-hydrogen) atoms. The van der Waals surface area contributed by atoms with Gasteiger partial charge in [-0.2, -0.15) is 0 Å². The zero-order valence-electron chi connectivity index (χ0n) is 16.2. The van der Waals surface area contributed by atoms with Crippen LogP contribution in [0.3, 0.4) is 0 Å². The lowest BCUT2D eigenvalue weighted by atomic mass is 10.1. The first kappa shape index (κ1) is 22.8. The Morgan fingerprint density at radius 1 is 1.08 bits per heavy atom. The highest BCUT2D eigenvalue weighted by molar-refractivity contribution is 14.0. The number of piperidine rings is 1. The zero-order valence-corrected chi connectivity index (χ0v) is 18.5. The number of hydrogen-bond donors (Lipinski definition) is 2. The number of methoxy groups -OCH3 is 2. The van der Waals surface area contributed by atoms with Crippen LogP contribution in [0.1, 0.15) is 31.7 Å². The standard InChI is InChI=1S/C19H32N4O2.HI/c1-4-20-19(21-10-13-23-11-6-5-7-12-23)22-15-16-8-9-17(24-2)18(14-16)25-3;/h8-9,14H,4-7,10-13,15H2,1-3H3,(H2,20,21,22);1H. The van der Waals surface area contributed by atoms with Gasteiger partial charge in [-0.25, -0.2) is 4.99 Å². The van der Waals surface area contributed by atoms with Crippen molar-refractivity contribution in [3.8, 4) is 11.5 Å². The molecule has 0 saturated carbocycles. The molecule has 1 aromatic carbocycles.